The number of hydrogen-bond acceptors (Lipinski definition) is 4. The fraction of sp³-hybridized carbons (Fsp3) is 0.235. The van der Waals surface area contributed by atoms with Crippen molar-refractivity contribution in [1.82, 2.24) is 0 Å². The van der Waals surface area contributed by atoms with Gasteiger partial charge in [-0.2, -0.15) is 0 Å². The summed E-state index contributed by atoms with van der Waals surface area (Å²) in [4.78, 5) is 11.1. The molecule has 0 saturated carbocycles. The molecule has 0 heterocycles. The van der Waals surface area contributed by atoms with Crippen LogP contribution in [0.4, 0.5) is 5.69 Å². The number of carboxylic acid groups (broad SMARTS) is 1. The van der Waals surface area contributed by atoms with Crippen molar-refractivity contribution >= 4 is 34.9 Å². The molecule has 0 atom stereocenters. The van der Waals surface area contributed by atoms with E-state index >= 15 is 0 Å². The van der Waals surface area contributed by atoms with Gasteiger partial charge in [0.05, 0.1) is 30.0 Å². The summed E-state index contributed by atoms with van der Waals surface area (Å²) < 4.78 is 10.8. The number of hydrogen-bond donors (Lipinski definition) is 2. The summed E-state index contributed by atoms with van der Waals surface area (Å²) in [5.41, 5.74) is 1.44. The van der Waals surface area contributed by atoms with Gasteiger partial charge in [-0.3, -0.25) is 0 Å². The predicted molar refractivity (Wildman–Crippen MR) is 94.9 cm³/mol. The number of carbonyl (C=O) groups is 1. The van der Waals surface area contributed by atoms with Gasteiger partial charge >= 0.3 is 5.97 Å². The molecule has 128 valence electrons. The number of carboxylic acids is 1. The number of ether oxygens (including phenoxy) is 2. The molecule has 0 radical (unpaired) electrons. The predicted octanol–water partition coefficient (Wildman–Crippen LogP) is 4.71. The van der Waals surface area contributed by atoms with Crippen molar-refractivity contribution in [3.8, 4) is 11.5 Å². The van der Waals surface area contributed by atoms with Crippen LogP contribution in [0.1, 0.15) is 22.8 Å². The molecule has 0 aliphatic rings. The second-order valence-electron chi connectivity index (χ2n) is 4.88. The standard InChI is InChI=1S/C17H17Cl2NO4/c1-3-24-16-8-13(19)11(7-15(16)23-2)9-20-14-6-10(17(21)22)4-5-12(14)18/h4-8,20H,3,9H2,1-2H3,(H,21,22). The Morgan fingerprint density at radius 1 is 1.17 bits per heavy atom. The van der Waals surface area contributed by atoms with E-state index in [0.29, 0.717) is 40.4 Å². The van der Waals surface area contributed by atoms with E-state index in [1.807, 2.05) is 6.92 Å². The van der Waals surface area contributed by atoms with E-state index < -0.39 is 5.97 Å². The SMILES string of the molecule is CCOc1cc(Cl)c(CNc2cc(C(=O)O)ccc2Cl)cc1OC. The van der Waals surface area contributed by atoms with Crippen LogP contribution in [0.3, 0.4) is 0 Å². The minimum Gasteiger partial charge on any atom is -0.493 e. The van der Waals surface area contributed by atoms with Crippen molar-refractivity contribution in [2.75, 3.05) is 19.0 Å². The zero-order valence-electron chi connectivity index (χ0n) is 13.2. The number of halogens is 2. The summed E-state index contributed by atoms with van der Waals surface area (Å²) in [6.07, 6.45) is 0. The van der Waals surface area contributed by atoms with Crippen molar-refractivity contribution in [1.29, 1.82) is 0 Å². The maximum absolute atomic E-state index is 11.1. The summed E-state index contributed by atoms with van der Waals surface area (Å²) in [7, 11) is 1.55. The van der Waals surface area contributed by atoms with E-state index in [4.69, 9.17) is 37.8 Å². The Kier molecular flexibility index (Phi) is 6.17. The monoisotopic (exact) mass is 369 g/mol. The molecule has 5 nitrogen and oxygen atoms in total. The lowest BCUT2D eigenvalue weighted by atomic mass is 10.1. The van der Waals surface area contributed by atoms with Gasteiger partial charge in [-0.15, -0.1) is 0 Å². The topological polar surface area (TPSA) is 67.8 Å². The van der Waals surface area contributed by atoms with Gasteiger partial charge < -0.3 is 19.9 Å². The first-order valence-electron chi connectivity index (χ1n) is 7.22. The Morgan fingerprint density at radius 3 is 2.54 bits per heavy atom. The van der Waals surface area contributed by atoms with Crippen LogP contribution in [0, 0.1) is 0 Å². The van der Waals surface area contributed by atoms with E-state index in [-0.39, 0.29) is 5.56 Å². The van der Waals surface area contributed by atoms with Crippen LogP contribution in [0.15, 0.2) is 30.3 Å². The molecule has 2 aromatic rings. The molecule has 0 amide bonds. The van der Waals surface area contributed by atoms with Crippen molar-refractivity contribution in [3.05, 3.63) is 51.5 Å². The summed E-state index contributed by atoms with van der Waals surface area (Å²) in [6.45, 7) is 2.73. The minimum absolute atomic E-state index is 0.150. The van der Waals surface area contributed by atoms with Gasteiger partial charge in [-0.25, -0.2) is 4.79 Å². The summed E-state index contributed by atoms with van der Waals surface area (Å²) in [5.74, 6) is 0.124. The highest BCUT2D eigenvalue weighted by Crippen LogP contribution is 2.34. The van der Waals surface area contributed by atoms with E-state index in [1.54, 1.807) is 19.2 Å². The average Bonchev–Trinajstić information content (AvgIpc) is 2.55. The number of nitrogens with one attached hydrogen (secondary N) is 1. The molecule has 2 aromatic carbocycles. The molecule has 0 fully saturated rings. The summed E-state index contributed by atoms with van der Waals surface area (Å²) in [5, 5.41) is 13.1. The number of anilines is 1. The fourth-order valence-corrected chi connectivity index (χ4v) is 2.53. The van der Waals surface area contributed by atoms with Crippen LogP contribution in [0.2, 0.25) is 10.0 Å². The van der Waals surface area contributed by atoms with Gasteiger partial charge in [0.15, 0.2) is 11.5 Å². The van der Waals surface area contributed by atoms with Crippen LogP contribution in [0.25, 0.3) is 0 Å². The molecule has 7 heteroatoms. The largest absolute Gasteiger partial charge is 0.493 e. The molecule has 0 bridgehead atoms. The van der Waals surface area contributed by atoms with Crippen molar-refractivity contribution in [2.45, 2.75) is 13.5 Å². The highest BCUT2D eigenvalue weighted by Gasteiger charge is 2.12. The van der Waals surface area contributed by atoms with Crippen LogP contribution in [-0.4, -0.2) is 24.8 Å². The first kappa shape index (κ1) is 18.2. The number of rotatable bonds is 7. The molecule has 0 spiro atoms. The zero-order chi connectivity index (χ0) is 17.7. The average molecular weight is 370 g/mol. The van der Waals surface area contributed by atoms with Gasteiger partial charge in [0.2, 0.25) is 0 Å². The van der Waals surface area contributed by atoms with Crippen molar-refractivity contribution in [2.24, 2.45) is 0 Å². The van der Waals surface area contributed by atoms with Crippen LogP contribution in [0.5, 0.6) is 11.5 Å². The Hall–Kier alpha value is -2.11. The van der Waals surface area contributed by atoms with Crippen LogP contribution in [-0.2, 0) is 6.54 Å². The first-order chi connectivity index (χ1) is 11.5. The normalized spacial score (nSPS) is 10.3. The third kappa shape index (κ3) is 4.24. The lowest BCUT2D eigenvalue weighted by Crippen LogP contribution is -2.04. The first-order valence-corrected chi connectivity index (χ1v) is 7.97. The van der Waals surface area contributed by atoms with E-state index in [2.05, 4.69) is 5.32 Å². The van der Waals surface area contributed by atoms with Gasteiger partial charge in [-0.1, -0.05) is 23.2 Å². The number of benzene rings is 2. The Morgan fingerprint density at radius 2 is 1.92 bits per heavy atom. The fourth-order valence-electron chi connectivity index (χ4n) is 2.12. The molecular formula is C17H17Cl2NO4. The van der Waals surface area contributed by atoms with Gasteiger partial charge in [0, 0.05) is 17.6 Å². The highest BCUT2D eigenvalue weighted by atomic mass is 35.5. The Bertz CT molecular complexity index is 750. The molecule has 24 heavy (non-hydrogen) atoms. The third-order valence-corrected chi connectivity index (χ3v) is 4.00. The number of methoxy groups -OCH3 is 1. The molecule has 0 unspecified atom stereocenters. The van der Waals surface area contributed by atoms with Crippen LogP contribution < -0.4 is 14.8 Å². The van der Waals surface area contributed by atoms with Crippen molar-refractivity contribution in [3.63, 3.8) is 0 Å². The molecule has 2 rings (SSSR count). The maximum Gasteiger partial charge on any atom is 0.335 e. The zero-order valence-corrected chi connectivity index (χ0v) is 14.7. The van der Waals surface area contributed by atoms with Gasteiger partial charge in [0.25, 0.3) is 0 Å². The van der Waals surface area contributed by atoms with Crippen LogP contribution >= 0.6 is 23.2 Å². The van der Waals surface area contributed by atoms with Crippen molar-refractivity contribution < 1.29 is 19.4 Å². The van der Waals surface area contributed by atoms with E-state index in [1.165, 1.54) is 18.2 Å². The molecular weight excluding hydrogens is 353 g/mol. The minimum atomic E-state index is -1.02. The molecule has 0 aliphatic heterocycles. The quantitative estimate of drug-likeness (QED) is 0.739. The number of aromatic carboxylic acids is 1. The lowest BCUT2D eigenvalue weighted by Gasteiger charge is -2.14. The Labute approximate surface area is 150 Å². The Balaban J connectivity index is 2.23. The van der Waals surface area contributed by atoms with E-state index in [9.17, 15) is 4.79 Å². The second kappa shape index (κ2) is 8.13. The second-order valence-corrected chi connectivity index (χ2v) is 5.70. The van der Waals surface area contributed by atoms with Gasteiger partial charge in [-0.05, 0) is 36.8 Å². The highest BCUT2D eigenvalue weighted by molar-refractivity contribution is 6.33. The van der Waals surface area contributed by atoms with E-state index in [0.717, 1.165) is 5.56 Å². The molecule has 0 aliphatic carbocycles. The molecule has 0 saturated heterocycles. The van der Waals surface area contributed by atoms with Gasteiger partial charge in [0.1, 0.15) is 0 Å². The smallest absolute Gasteiger partial charge is 0.335 e. The molecule has 2 N–H and O–H groups in total. The summed E-state index contributed by atoms with van der Waals surface area (Å²) >= 11 is 12.4. The lowest BCUT2D eigenvalue weighted by molar-refractivity contribution is 0.0697. The maximum atomic E-state index is 11.1. The molecule has 0 aromatic heterocycles. The third-order valence-electron chi connectivity index (χ3n) is 3.32. The summed E-state index contributed by atoms with van der Waals surface area (Å²) in [6, 6.07) is 7.92.